The van der Waals surface area contributed by atoms with Gasteiger partial charge >= 0.3 is 5.97 Å². The van der Waals surface area contributed by atoms with Gasteiger partial charge in [0.25, 0.3) is 0 Å². The molecule has 1 aromatic rings. The fourth-order valence-corrected chi connectivity index (χ4v) is 4.04. The lowest BCUT2D eigenvalue weighted by Crippen LogP contribution is -2.36. The number of anilines is 1. The van der Waals surface area contributed by atoms with E-state index < -0.39 is 5.97 Å². The Morgan fingerprint density at radius 2 is 1.96 bits per heavy atom. The van der Waals surface area contributed by atoms with Crippen molar-refractivity contribution in [3.63, 3.8) is 0 Å². The van der Waals surface area contributed by atoms with Crippen LogP contribution in [0.4, 0.5) is 5.69 Å². The fourth-order valence-electron chi connectivity index (χ4n) is 4.04. The monoisotopic (exact) mass is 389 g/mol. The fraction of sp³-hybridized carbons (Fsp3) is 0.652. The summed E-state index contributed by atoms with van der Waals surface area (Å²) in [5.74, 6) is 1.59. The van der Waals surface area contributed by atoms with E-state index in [0.717, 1.165) is 19.3 Å². The predicted molar refractivity (Wildman–Crippen MR) is 112 cm³/mol. The van der Waals surface area contributed by atoms with Crippen molar-refractivity contribution in [1.29, 1.82) is 0 Å². The Morgan fingerprint density at radius 3 is 2.61 bits per heavy atom. The Bertz CT molecular complexity index is 671. The third-order valence-corrected chi connectivity index (χ3v) is 5.57. The van der Waals surface area contributed by atoms with Crippen LogP contribution in [0.1, 0.15) is 70.7 Å². The van der Waals surface area contributed by atoms with Crippen molar-refractivity contribution >= 4 is 17.6 Å². The molecular formula is C23H35NO4. The molecule has 2 rings (SSSR count). The standard InChI is InChI=1S/C23H35NO4/c1-6-12-28-21-11-9-17(23(26)27-7-2)14-20(21)24-22(25)19-13-16(5)8-10-18(19)15(3)4/h9,11,14-16,18-19H,6-8,10,12-13H2,1-5H3,(H,24,25)/t16-,18-,19-/m1/s1. The zero-order valence-electron chi connectivity index (χ0n) is 17.9. The summed E-state index contributed by atoms with van der Waals surface area (Å²) in [6.45, 7) is 11.3. The first-order valence-corrected chi connectivity index (χ1v) is 10.6. The van der Waals surface area contributed by atoms with Crippen molar-refractivity contribution in [2.45, 2.75) is 60.3 Å². The zero-order chi connectivity index (χ0) is 20.7. The minimum atomic E-state index is -0.397. The van der Waals surface area contributed by atoms with Gasteiger partial charge in [0, 0.05) is 5.92 Å². The Kier molecular flexibility index (Phi) is 8.34. The van der Waals surface area contributed by atoms with Crippen molar-refractivity contribution in [1.82, 2.24) is 0 Å². The predicted octanol–water partition coefficient (Wildman–Crippen LogP) is 5.30. The first kappa shape index (κ1) is 22.3. The summed E-state index contributed by atoms with van der Waals surface area (Å²) < 4.78 is 10.9. The maximum absolute atomic E-state index is 13.2. The van der Waals surface area contributed by atoms with E-state index in [9.17, 15) is 9.59 Å². The van der Waals surface area contributed by atoms with Crippen LogP contribution in [0.25, 0.3) is 0 Å². The van der Waals surface area contributed by atoms with Gasteiger partial charge in [0.1, 0.15) is 5.75 Å². The molecule has 5 nitrogen and oxygen atoms in total. The van der Waals surface area contributed by atoms with Crippen molar-refractivity contribution in [2.75, 3.05) is 18.5 Å². The molecule has 1 aliphatic rings. The van der Waals surface area contributed by atoms with Crippen molar-refractivity contribution in [3.05, 3.63) is 23.8 Å². The van der Waals surface area contributed by atoms with E-state index in [2.05, 4.69) is 26.1 Å². The van der Waals surface area contributed by atoms with E-state index in [1.54, 1.807) is 25.1 Å². The van der Waals surface area contributed by atoms with Gasteiger partial charge in [-0.15, -0.1) is 0 Å². The molecule has 1 fully saturated rings. The highest BCUT2D eigenvalue weighted by Crippen LogP contribution is 2.39. The maximum atomic E-state index is 13.2. The Labute approximate surface area is 169 Å². The molecule has 1 amide bonds. The topological polar surface area (TPSA) is 64.6 Å². The lowest BCUT2D eigenvalue weighted by Gasteiger charge is -2.36. The van der Waals surface area contributed by atoms with Crippen LogP contribution >= 0.6 is 0 Å². The number of nitrogens with one attached hydrogen (secondary N) is 1. The summed E-state index contributed by atoms with van der Waals surface area (Å²) >= 11 is 0. The summed E-state index contributed by atoms with van der Waals surface area (Å²) in [6, 6.07) is 5.08. The average Bonchev–Trinajstić information content (AvgIpc) is 2.66. The van der Waals surface area contributed by atoms with Crippen molar-refractivity contribution < 1.29 is 19.1 Å². The number of hydrogen-bond donors (Lipinski definition) is 1. The number of carbonyl (C=O) groups is 2. The van der Waals surface area contributed by atoms with Gasteiger partial charge in [-0.25, -0.2) is 4.79 Å². The lowest BCUT2D eigenvalue weighted by atomic mass is 9.70. The first-order valence-electron chi connectivity index (χ1n) is 10.6. The third-order valence-electron chi connectivity index (χ3n) is 5.57. The molecule has 28 heavy (non-hydrogen) atoms. The third kappa shape index (κ3) is 5.73. The summed E-state index contributed by atoms with van der Waals surface area (Å²) in [5.41, 5.74) is 0.961. The number of ether oxygens (including phenoxy) is 2. The molecule has 0 radical (unpaired) electrons. The van der Waals surface area contributed by atoms with Crippen LogP contribution in [0.3, 0.4) is 0 Å². The van der Waals surface area contributed by atoms with Gasteiger partial charge in [-0.2, -0.15) is 0 Å². The Balaban J connectivity index is 2.26. The summed E-state index contributed by atoms with van der Waals surface area (Å²) in [5, 5.41) is 3.06. The van der Waals surface area contributed by atoms with Crippen LogP contribution in [-0.2, 0) is 9.53 Å². The van der Waals surface area contributed by atoms with Gasteiger partial charge < -0.3 is 14.8 Å². The van der Waals surface area contributed by atoms with E-state index in [4.69, 9.17) is 9.47 Å². The van der Waals surface area contributed by atoms with Gasteiger partial charge in [-0.1, -0.05) is 34.1 Å². The van der Waals surface area contributed by atoms with Crippen LogP contribution in [0.15, 0.2) is 18.2 Å². The molecule has 0 heterocycles. The summed E-state index contributed by atoms with van der Waals surface area (Å²) in [7, 11) is 0. The second-order valence-electron chi connectivity index (χ2n) is 8.20. The highest BCUT2D eigenvalue weighted by atomic mass is 16.5. The maximum Gasteiger partial charge on any atom is 0.338 e. The smallest absolute Gasteiger partial charge is 0.338 e. The van der Waals surface area contributed by atoms with E-state index in [-0.39, 0.29) is 11.8 Å². The number of amides is 1. The van der Waals surface area contributed by atoms with E-state index in [0.29, 0.717) is 48.0 Å². The normalized spacial score (nSPS) is 22.0. The number of benzene rings is 1. The number of rotatable bonds is 8. The Morgan fingerprint density at radius 1 is 1.21 bits per heavy atom. The van der Waals surface area contributed by atoms with E-state index in [1.807, 2.05) is 6.92 Å². The van der Waals surface area contributed by atoms with E-state index >= 15 is 0 Å². The number of hydrogen-bond acceptors (Lipinski definition) is 4. The average molecular weight is 390 g/mol. The second kappa shape index (κ2) is 10.5. The van der Waals surface area contributed by atoms with Crippen LogP contribution in [0, 0.1) is 23.7 Å². The van der Waals surface area contributed by atoms with Crippen LogP contribution in [-0.4, -0.2) is 25.1 Å². The van der Waals surface area contributed by atoms with Crippen molar-refractivity contribution in [3.8, 4) is 5.75 Å². The molecule has 0 unspecified atom stereocenters. The molecule has 3 atom stereocenters. The molecule has 1 aliphatic carbocycles. The summed E-state index contributed by atoms with van der Waals surface area (Å²) in [4.78, 5) is 25.3. The molecule has 1 aromatic carbocycles. The van der Waals surface area contributed by atoms with E-state index in [1.165, 1.54) is 6.42 Å². The Hall–Kier alpha value is -2.04. The quantitative estimate of drug-likeness (QED) is 0.613. The molecule has 5 heteroatoms. The van der Waals surface area contributed by atoms with Crippen LogP contribution in [0.5, 0.6) is 5.75 Å². The molecule has 1 N–H and O–H groups in total. The molecular weight excluding hydrogens is 354 g/mol. The number of carbonyl (C=O) groups excluding carboxylic acids is 2. The second-order valence-corrected chi connectivity index (χ2v) is 8.20. The van der Waals surface area contributed by atoms with Gasteiger partial charge in [-0.05, 0) is 62.1 Å². The van der Waals surface area contributed by atoms with Gasteiger partial charge in [-0.3, -0.25) is 4.79 Å². The molecule has 0 bridgehead atoms. The largest absolute Gasteiger partial charge is 0.491 e. The number of esters is 1. The molecule has 0 aliphatic heterocycles. The zero-order valence-corrected chi connectivity index (χ0v) is 17.9. The van der Waals surface area contributed by atoms with Crippen molar-refractivity contribution in [2.24, 2.45) is 23.7 Å². The molecule has 1 saturated carbocycles. The minimum Gasteiger partial charge on any atom is -0.491 e. The molecule has 0 aromatic heterocycles. The lowest BCUT2D eigenvalue weighted by molar-refractivity contribution is -0.124. The first-order chi connectivity index (χ1) is 13.4. The van der Waals surface area contributed by atoms with Gasteiger partial charge in [0.2, 0.25) is 5.91 Å². The summed E-state index contributed by atoms with van der Waals surface area (Å²) in [6.07, 6.45) is 4.02. The highest BCUT2D eigenvalue weighted by Gasteiger charge is 2.35. The molecule has 0 saturated heterocycles. The van der Waals surface area contributed by atoms with Crippen LogP contribution < -0.4 is 10.1 Å². The van der Waals surface area contributed by atoms with Crippen LogP contribution in [0.2, 0.25) is 0 Å². The van der Waals surface area contributed by atoms with Gasteiger partial charge in [0.05, 0.1) is 24.5 Å². The molecule has 156 valence electrons. The van der Waals surface area contributed by atoms with Gasteiger partial charge in [0.15, 0.2) is 0 Å². The minimum absolute atomic E-state index is 0.0194. The SMILES string of the molecule is CCCOc1ccc(C(=O)OCC)cc1NC(=O)[C@@H]1C[C@H](C)CC[C@@H]1C(C)C. The molecule has 0 spiro atoms. The highest BCUT2D eigenvalue weighted by molar-refractivity contribution is 5.97.